The molecule has 2 amide bonds. The van der Waals surface area contributed by atoms with E-state index in [0.29, 0.717) is 6.61 Å². The van der Waals surface area contributed by atoms with Crippen molar-refractivity contribution in [3.8, 4) is 0 Å². The largest absolute Gasteiger partial charge is 0.478 e. The molecule has 1 unspecified atom stereocenters. The second kappa shape index (κ2) is 6.51. The summed E-state index contributed by atoms with van der Waals surface area (Å²) in [6, 6.07) is 2.50. The molecule has 1 aliphatic heterocycles. The van der Waals surface area contributed by atoms with Crippen molar-refractivity contribution < 1.29 is 28.9 Å². The Kier molecular flexibility index (Phi) is 4.71. The second-order valence-corrected chi connectivity index (χ2v) is 4.50. The van der Waals surface area contributed by atoms with Crippen LogP contribution in [0.15, 0.2) is 18.2 Å². The Bertz CT molecular complexity index is 551. The summed E-state index contributed by atoms with van der Waals surface area (Å²) in [7, 11) is 0. The lowest BCUT2D eigenvalue weighted by atomic mass is 10.1. The van der Waals surface area contributed by atoms with Crippen molar-refractivity contribution in [2.45, 2.75) is 6.04 Å². The number of urea groups is 1. The van der Waals surface area contributed by atoms with Crippen molar-refractivity contribution in [1.29, 1.82) is 0 Å². The number of carboxylic acid groups (broad SMARTS) is 1. The zero-order valence-corrected chi connectivity index (χ0v) is 11.1. The normalized spacial score (nSPS) is 18.4. The van der Waals surface area contributed by atoms with Gasteiger partial charge in [0, 0.05) is 6.54 Å². The molecule has 8 heteroatoms. The maximum absolute atomic E-state index is 13.5. The van der Waals surface area contributed by atoms with E-state index in [-0.39, 0.29) is 25.4 Å². The van der Waals surface area contributed by atoms with Crippen molar-refractivity contribution in [2.75, 3.05) is 31.7 Å². The highest BCUT2D eigenvalue weighted by Crippen LogP contribution is 2.20. The quantitative estimate of drug-likeness (QED) is 0.764. The molecule has 0 aromatic heterocycles. The molecule has 7 nitrogen and oxygen atoms in total. The number of halogens is 1. The van der Waals surface area contributed by atoms with Crippen LogP contribution < -0.4 is 5.32 Å². The van der Waals surface area contributed by atoms with Gasteiger partial charge in [-0.1, -0.05) is 6.07 Å². The first-order valence-electron chi connectivity index (χ1n) is 6.32. The van der Waals surface area contributed by atoms with Gasteiger partial charge in [0.25, 0.3) is 0 Å². The standard InChI is InChI=1S/C13H15FN2O5/c14-9-2-1-3-10(11(9)12(18)19)15-13(20)16-4-5-21-7-8(16)6-17/h1-3,8,17H,4-7H2,(H,15,20)(H,18,19). The third-order valence-electron chi connectivity index (χ3n) is 3.17. The minimum atomic E-state index is -1.47. The van der Waals surface area contributed by atoms with Crippen LogP contribution in [0, 0.1) is 5.82 Å². The predicted octanol–water partition coefficient (Wildman–Crippen LogP) is 0.749. The molecule has 1 heterocycles. The fourth-order valence-corrected chi connectivity index (χ4v) is 2.11. The van der Waals surface area contributed by atoms with Crippen LogP contribution in [0.5, 0.6) is 0 Å². The Labute approximate surface area is 119 Å². The first kappa shape index (κ1) is 15.2. The van der Waals surface area contributed by atoms with Gasteiger partial charge in [0.15, 0.2) is 0 Å². The van der Waals surface area contributed by atoms with Crippen LogP contribution in [0.25, 0.3) is 0 Å². The topological polar surface area (TPSA) is 99.1 Å². The van der Waals surface area contributed by atoms with Crippen molar-refractivity contribution in [2.24, 2.45) is 0 Å². The van der Waals surface area contributed by atoms with E-state index in [4.69, 9.17) is 9.84 Å². The van der Waals surface area contributed by atoms with Gasteiger partial charge in [-0.3, -0.25) is 0 Å². The highest BCUT2D eigenvalue weighted by molar-refractivity contribution is 6.00. The molecule has 3 N–H and O–H groups in total. The van der Waals surface area contributed by atoms with Crippen LogP contribution in [-0.4, -0.2) is 59.5 Å². The molecule has 0 radical (unpaired) electrons. The number of nitrogens with one attached hydrogen (secondary N) is 1. The van der Waals surface area contributed by atoms with Gasteiger partial charge in [0.05, 0.1) is 31.5 Å². The summed E-state index contributed by atoms with van der Waals surface area (Å²) in [5.41, 5.74) is -0.727. The minimum absolute atomic E-state index is 0.129. The van der Waals surface area contributed by atoms with Crippen LogP contribution in [-0.2, 0) is 4.74 Å². The van der Waals surface area contributed by atoms with Crippen molar-refractivity contribution in [1.82, 2.24) is 4.90 Å². The lowest BCUT2D eigenvalue weighted by molar-refractivity contribution is -0.00485. The number of aromatic carboxylic acids is 1. The van der Waals surface area contributed by atoms with Gasteiger partial charge in [-0.15, -0.1) is 0 Å². The summed E-state index contributed by atoms with van der Waals surface area (Å²) in [6.45, 7) is 0.495. The summed E-state index contributed by atoms with van der Waals surface area (Å²) in [5, 5.41) is 20.6. The maximum Gasteiger partial charge on any atom is 0.340 e. The number of anilines is 1. The fraction of sp³-hybridized carbons (Fsp3) is 0.385. The highest BCUT2D eigenvalue weighted by Gasteiger charge is 2.28. The number of aliphatic hydroxyl groups excluding tert-OH is 1. The van der Waals surface area contributed by atoms with E-state index in [0.717, 1.165) is 6.07 Å². The van der Waals surface area contributed by atoms with Gasteiger partial charge in [-0.25, -0.2) is 14.0 Å². The molecule has 1 saturated heterocycles. The average molecular weight is 298 g/mol. The molecule has 0 bridgehead atoms. The highest BCUT2D eigenvalue weighted by atomic mass is 19.1. The summed E-state index contributed by atoms with van der Waals surface area (Å²) in [4.78, 5) is 24.5. The number of carbonyl (C=O) groups excluding carboxylic acids is 1. The van der Waals surface area contributed by atoms with Crippen molar-refractivity contribution in [3.63, 3.8) is 0 Å². The Balaban J connectivity index is 2.19. The third-order valence-corrected chi connectivity index (χ3v) is 3.17. The molecule has 2 rings (SSSR count). The van der Waals surface area contributed by atoms with Gasteiger partial charge < -0.3 is 25.2 Å². The smallest absolute Gasteiger partial charge is 0.340 e. The summed E-state index contributed by atoms with van der Waals surface area (Å²) < 4.78 is 18.7. The van der Waals surface area contributed by atoms with Crippen LogP contribution in [0.3, 0.4) is 0 Å². The third kappa shape index (κ3) is 3.29. The Morgan fingerprint density at radius 1 is 1.48 bits per heavy atom. The number of rotatable bonds is 3. The van der Waals surface area contributed by atoms with E-state index in [9.17, 15) is 19.1 Å². The van der Waals surface area contributed by atoms with Gasteiger partial charge in [0.1, 0.15) is 11.4 Å². The number of hydrogen-bond acceptors (Lipinski definition) is 4. The molecule has 0 aliphatic carbocycles. The van der Waals surface area contributed by atoms with Crippen LogP contribution in [0.1, 0.15) is 10.4 Å². The number of carbonyl (C=O) groups is 2. The summed E-state index contributed by atoms with van der Waals surface area (Å²) >= 11 is 0. The predicted molar refractivity (Wildman–Crippen MR) is 70.8 cm³/mol. The molecule has 0 spiro atoms. The number of morpholine rings is 1. The number of ether oxygens (including phenoxy) is 1. The van der Waals surface area contributed by atoms with Crippen molar-refractivity contribution >= 4 is 17.7 Å². The van der Waals surface area contributed by atoms with Crippen LogP contribution >= 0.6 is 0 Å². The van der Waals surface area contributed by atoms with Gasteiger partial charge in [-0.2, -0.15) is 0 Å². The number of carboxylic acids is 1. The van der Waals surface area contributed by atoms with Gasteiger partial charge >= 0.3 is 12.0 Å². The lowest BCUT2D eigenvalue weighted by Crippen LogP contribution is -2.52. The molecule has 1 atom stereocenters. The zero-order valence-electron chi connectivity index (χ0n) is 11.1. The van der Waals surface area contributed by atoms with Crippen molar-refractivity contribution in [3.05, 3.63) is 29.6 Å². The first-order valence-corrected chi connectivity index (χ1v) is 6.32. The van der Waals surface area contributed by atoms with E-state index in [1.165, 1.54) is 17.0 Å². The number of aliphatic hydroxyl groups is 1. The van der Waals surface area contributed by atoms with Gasteiger partial charge in [0.2, 0.25) is 0 Å². The first-order chi connectivity index (χ1) is 10.0. The number of hydrogen-bond donors (Lipinski definition) is 3. The Morgan fingerprint density at radius 2 is 2.24 bits per heavy atom. The maximum atomic E-state index is 13.5. The van der Waals surface area contributed by atoms with E-state index in [1.807, 2.05) is 0 Å². The molecule has 1 fully saturated rings. The van der Waals surface area contributed by atoms with E-state index < -0.39 is 29.4 Å². The molecule has 1 aromatic carbocycles. The Morgan fingerprint density at radius 3 is 2.90 bits per heavy atom. The molecular formula is C13H15FN2O5. The van der Waals surface area contributed by atoms with E-state index in [1.54, 1.807) is 0 Å². The Hall–Kier alpha value is -2.19. The van der Waals surface area contributed by atoms with Crippen LogP contribution in [0.2, 0.25) is 0 Å². The van der Waals surface area contributed by atoms with Gasteiger partial charge in [-0.05, 0) is 12.1 Å². The van der Waals surface area contributed by atoms with Crippen LogP contribution in [0.4, 0.5) is 14.9 Å². The lowest BCUT2D eigenvalue weighted by Gasteiger charge is -2.34. The van der Waals surface area contributed by atoms with E-state index >= 15 is 0 Å². The fourth-order valence-electron chi connectivity index (χ4n) is 2.11. The molecule has 21 heavy (non-hydrogen) atoms. The summed E-state index contributed by atoms with van der Waals surface area (Å²) in [6.07, 6.45) is 0. The monoisotopic (exact) mass is 298 g/mol. The molecule has 1 aromatic rings. The van der Waals surface area contributed by atoms with E-state index in [2.05, 4.69) is 5.32 Å². The SMILES string of the molecule is O=C(O)c1c(F)cccc1NC(=O)N1CCOCC1CO. The molecule has 0 saturated carbocycles. The summed E-state index contributed by atoms with van der Waals surface area (Å²) in [5.74, 6) is -2.40. The average Bonchev–Trinajstić information content (AvgIpc) is 2.46. The number of nitrogens with zero attached hydrogens (tertiary/aromatic N) is 1. The second-order valence-electron chi connectivity index (χ2n) is 4.50. The molecule has 114 valence electrons. The molecular weight excluding hydrogens is 283 g/mol. The molecule has 1 aliphatic rings. The number of amides is 2. The minimum Gasteiger partial charge on any atom is -0.478 e. The zero-order chi connectivity index (χ0) is 15.4. The number of benzene rings is 1.